The molecule has 1 rings (SSSR count). The van der Waals surface area contributed by atoms with Crippen LogP contribution in [0, 0.1) is 0 Å². The Morgan fingerprint density at radius 2 is 2.06 bits per heavy atom. The predicted molar refractivity (Wildman–Crippen MR) is 80.8 cm³/mol. The number of nitrogens with one attached hydrogen (secondary N) is 1. The van der Waals surface area contributed by atoms with E-state index in [0.717, 1.165) is 30.6 Å². The van der Waals surface area contributed by atoms with Crippen LogP contribution in [0.5, 0.6) is 0 Å². The molecule has 0 aliphatic carbocycles. The first-order valence-electron chi connectivity index (χ1n) is 5.89. The van der Waals surface area contributed by atoms with Crippen LogP contribution in [0.3, 0.4) is 0 Å². The van der Waals surface area contributed by atoms with Crippen molar-refractivity contribution in [2.45, 2.75) is 29.9 Å². The van der Waals surface area contributed by atoms with Crippen molar-refractivity contribution in [2.24, 2.45) is 0 Å². The molecule has 0 aromatic carbocycles. The molecule has 1 aromatic heterocycles. The van der Waals surface area contributed by atoms with Gasteiger partial charge in [-0.1, -0.05) is 12.8 Å². The summed E-state index contributed by atoms with van der Waals surface area (Å²) in [7, 11) is -3.35. The smallest absolute Gasteiger partial charge is 0.250 e. The maximum Gasteiger partial charge on any atom is 0.250 e. The SMILES string of the molecule is CSCCCCCCNS(=O)(=O)c1cc(N)cs1. The minimum Gasteiger partial charge on any atom is -0.398 e. The number of sulfonamides is 1. The lowest BCUT2D eigenvalue weighted by Gasteiger charge is -2.04. The van der Waals surface area contributed by atoms with E-state index < -0.39 is 10.0 Å². The van der Waals surface area contributed by atoms with E-state index in [1.807, 2.05) is 11.8 Å². The average Bonchev–Trinajstić information content (AvgIpc) is 2.75. The van der Waals surface area contributed by atoms with E-state index in [-0.39, 0.29) is 0 Å². The van der Waals surface area contributed by atoms with Crippen molar-refractivity contribution >= 4 is 38.8 Å². The van der Waals surface area contributed by atoms with Crippen LogP contribution in [-0.2, 0) is 10.0 Å². The van der Waals surface area contributed by atoms with E-state index >= 15 is 0 Å². The highest BCUT2D eigenvalue weighted by atomic mass is 32.2. The second-order valence-electron chi connectivity index (χ2n) is 4.00. The Labute approximate surface area is 117 Å². The van der Waals surface area contributed by atoms with Gasteiger partial charge < -0.3 is 5.73 Å². The quantitative estimate of drug-likeness (QED) is 0.688. The first kappa shape index (κ1) is 15.8. The van der Waals surface area contributed by atoms with E-state index in [1.54, 1.807) is 5.38 Å². The molecule has 0 aliphatic rings. The van der Waals surface area contributed by atoms with Crippen molar-refractivity contribution in [3.63, 3.8) is 0 Å². The fourth-order valence-electron chi connectivity index (χ4n) is 1.47. The number of hydrogen-bond acceptors (Lipinski definition) is 5. The minimum atomic E-state index is -3.35. The van der Waals surface area contributed by atoms with Crippen LogP contribution in [0.4, 0.5) is 5.69 Å². The summed E-state index contributed by atoms with van der Waals surface area (Å²) >= 11 is 3.00. The van der Waals surface area contributed by atoms with Crippen LogP contribution in [0.1, 0.15) is 25.7 Å². The van der Waals surface area contributed by atoms with Crippen molar-refractivity contribution in [1.82, 2.24) is 4.72 Å². The summed E-state index contributed by atoms with van der Waals surface area (Å²) in [5.41, 5.74) is 6.01. The van der Waals surface area contributed by atoms with E-state index in [1.165, 1.54) is 18.2 Å². The van der Waals surface area contributed by atoms with Crippen LogP contribution in [0.15, 0.2) is 15.7 Å². The summed E-state index contributed by atoms with van der Waals surface area (Å²) in [5.74, 6) is 1.18. The predicted octanol–water partition coefficient (Wildman–Crippen LogP) is 2.53. The van der Waals surface area contributed by atoms with Crippen molar-refractivity contribution in [2.75, 3.05) is 24.3 Å². The maximum atomic E-state index is 11.8. The normalized spacial score (nSPS) is 11.8. The minimum absolute atomic E-state index is 0.294. The Balaban J connectivity index is 2.22. The Morgan fingerprint density at radius 1 is 1.33 bits per heavy atom. The van der Waals surface area contributed by atoms with Gasteiger partial charge in [0.15, 0.2) is 0 Å². The Hall–Kier alpha value is -0.240. The third-order valence-electron chi connectivity index (χ3n) is 2.43. The zero-order chi connectivity index (χ0) is 13.4. The van der Waals surface area contributed by atoms with E-state index in [0.29, 0.717) is 16.4 Å². The number of thiophene rings is 1. The zero-order valence-corrected chi connectivity index (χ0v) is 13.0. The molecule has 0 radical (unpaired) electrons. The van der Waals surface area contributed by atoms with Crippen molar-refractivity contribution in [3.05, 3.63) is 11.4 Å². The second-order valence-corrected chi connectivity index (χ2v) is 7.89. The molecule has 0 saturated carbocycles. The van der Waals surface area contributed by atoms with Gasteiger partial charge in [0.1, 0.15) is 4.21 Å². The molecular formula is C11H20N2O2S3. The van der Waals surface area contributed by atoms with E-state index in [2.05, 4.69) is 11.0 Å². The third kappa shape index (κ3) is 5.60. The summed E-state index contributed by atoms with van der Waals surface area (Å²) in [4.78, 5) is 0. The topological polar surface area (TPSA) is 72.2 Å². The highest BCUT2D eigenvalue weighted by Gasteiger charge is 2.15. The lowest BCUT2D eigenvalue weighted by atomic mass is 10.2. The van der Waals surface area contributed by atoms with Crippen LogP contribution >= 0.6 is 23.1 Å². The number of thioether (sulfide) groups is 1. The number of nitrogen functional groups attached to an aromatic ring is 1. The van der Waals surface area contributed by atoms with Gasteiger partial charge in [-0.15, -0.1) is 11.3 Å². The Morgan fingerprint density at radius 3 is 2.67 bits per heavy atom. The Kier molecular flexibility index (Phi) is 7.06. The van der Waals surface area contributed by atoms with Crippen LogP contribution < -0.4 is 10.5 Å². The lowest BCUT2D eigenvalue weighted by Crippen LogP contribution is -2.24. The number of nitrogens with two attached hydrogens (primary N) is 1. The van der Waals surface area contributed by atoms with Crippen LogP contribution in [-0.4, -0.2) is 27.0 Å². The maximum absolute atomic E-state index is 11.8. The molecule has 0 amide bonds. The summed E-state index contributed by atoms with van der Waals surface area (Å²) in [6.07, 6.45) is 6.41. The molecule has 0 aliphatic heterocycles. The monoisotopic (exact) mass is 308 g/mol. The number of unbranched alkanes of at least 4 members (excludes halogenated alkanes) is 3. The third-order valence-corrected chi connectivity index (χ3v) is 6.04. The molecule has 3 N–H and O–H groups in total. The molecule has 4 nitrogen and oxygen atoms in total. The second kappa shape index (κ2) is 8.04. The zero-order valence-electron chi connectivity index (χ0n) is 10.5. The summed E-state index contributed by atoms with van der Waals surface area (Å²) < 4.78 is 26.5. The Bertz CT molecular complexity index is 443. The van der Waals surface area contributed by atoms with Crippen LogP contribution in [0.2, 0.25) is 0 Å². The van der Waals surface area contributed by atoms with Gasteiger partial charge in [-0.2, -0.15) is 11.8 Å². The fourth-order valence-corrected chi connectivity index (χ4v) is 4.17. The summed E-state index contributed by atoms with van der Waals surface area (Å²) in [6, 6.07) is 1.49. The first-order valence-corrected chi connectivity index (χ1v) is 9.64. The molecule has 0 bridgehead atoms. The molecule has 18 heavy (non-hydrogen) atoms. The van der Waals surface area contributed by atoms with E-state index in [4.69, 9.17) is 5.73 Å². The molecule has 0 atom stereocenters. The molecule has 0 saturated heterocycles. The molecule has 0 unspecified atom stereocenters. The molecule has 1 heterocycles. The highest BCUT2D eigenvalue weighted by Crippen LogP contribution is 2.21. The fraction of sp³-hybridized carbons (Fsp3) is 0.636. The van der Waals surface area contributed by atoms with Gasteiger partial charge in [-0.3, -0.25) is 0 Å². The van der Waals surface area contributed by atoms with Crippen molar-refractivity contribution in [3.8, 4) is 0 Å². The summed E-state index contributed by atoms with van der Waals surface area (Å²) in [6.45, 7) is 0.499. The van der Waals surface area contributed by atoms with Gasteiger partial charge in [0.25, 0.3) is 0 Å². The largest absolute Gasteiger partial charge is 0.398 e. The molecule has 0 spiro atoms. The van der Waals surface area contributed by atoms with E-state index in [9.17, 15) is 8.42 Å². The van der Waals surface area contributed by atoms with Gasteiger partial charge in [0, 0.05) is 17.6 Å². The number of rotatable bonds is 9. The van der Waals surface area contributed by atoms with Crippen molar-refractivity contribution < 1.29 is 8.42 Å². The average molecular weight is 308 g/mol. The molecule has 1 aromatic rings. The van der Waals surface area contributed by atoms with Gasteiger partial charge in [-0.25, -0.2) is 13.1 Å². The van der Waals surface area contributed by atoms with Gasteiger partial charge >= 0.3 is 0 Å². The summed E-state index contributed by atoms with van der Waals surface area (Å²) in [5, 5.41) is 1.64. The van der Waals surface area contributed by atoms with Crippen LogP contribution in [0.25, 0.3) is 0 Å². The van der Waals surface area contributed by atoms with Gasteiger partial charge in [-0.05, 0) is 30.9 Å². The molecular weight excluding hydrogens is 288 g/mol. The molecule has 0 fully saturated rings. The number of anilines is 1. The lowest BCUT2D eigenvalue weighted by molar-refractivity contribution is 0.576. The molecule has 104 valence electrons. The molecule has 7 heteroatoms. The first-order chi connectivity index (χ1) is 8.56. The van der Waals surface area contributed by atoms with Crippen molar-refractivity contribution in [1.29, 1.82) is 0 Å². The standard InChI is InChI=1S/C11H20N2O2S3/c1-16-7-5-3-2-4-6-13-18(14,15)11-8-10(12)9-17-11/h8-9,13H,2-7,12H2,1H3. The van der Waals surface area contributed by atoms with Gasteiger partial charge in [0.2, 0.25) is 10.0 Å². The highest BCUT2D eigenvalue weighted by molar-refractivity contribution is 7.98. The van der Waals surface area contributed by atoms with Gasteiger partial charge in [0.05, 0.1) is 0 Å². The number of hydrogen-bond donors (Lipinski definition) is 2.